The topological polar surface area (TPSA) is 105 Å². The van der Waals surface area contributed by atoms with Gasteiger partial charge in [0.15, 0.2) is 5.69 Å². The van der Waals surface area contributed by atoms with E-state index in [1.54, 1.807) is 63.2 Å². The predicted molar refractivity (Wildman–Crippen MR) is 153 cm³/mol. The Bertz CT molecular complexity index is 1420. The molecule has 0 saturated carbocycles. The molecule has 3 rings (SSSR count). The molecule has 3 aromatic rings. The standard InChI is InChI=1S/C29H32Cl2N4O4/c1-28(2,3)33-26(37)24-21(17-36)25(19-10-12-20(30)13-11-19)35(34-24)23-14-9-18(16-22(23)31)8-7-15-32-27(38)39-29(4,5)6/h9-14,16,36H,15,17H2,1-6H3,(H,32,38)(H,33,37). The maximum Gasteiger partial charge on any atom is 0.408 e. The first-order valence-corrected chi connectivity index (χ1v) is 13.0. The van der Waals surface area contributed by atoms with Crippen LogP contribution in [0.3, 0.4) is 0 Å². The first-order valence-electron chi connectivity index (χ1n) is 12.3. The van der Waals surface area contributed by atoms with Gasteiger partial charge in [0.05, 0.1) is 29.6 Å². The van der Waals surface area contributed by atoms with E-state index < -0.39 is 29.7 Å². The summed E-state index contributed by atoms with van der Waals surface area (Å²) in [5.74, 6) is 5.40. The van der Waals surface area contributed by atoms with Gasteiger partial charge in [-0.05, 0) is 71.9 Å². The maximum absolute atomic E-state index is 13.1. The first kappa shape index (κ1) is 30.0. The van der Waals surface area contributed by atoms with Gasteiger partial charge < -0.3 is 20.5 Å². The van der Waals surface area contributed by atoms with Crippen LogP contribution in [0.15, 0.2) is 42.5 Å². The van der Waals surface area contributed by atoms with E-state index in [0.29, 0.717) is 38.1 Å². The molecule has 0 saturated heterocycles. The maximum atomic E-state index is 13.1. The quantitative estimate of drug-likeness (QED) is 0.339. The van der Waals surface area contributed by atoms with Crippen molar-refractivity contribution in [2.45, 2.75) is 59.3 Å². The molecule has 3 N–H and O–H groups in total. The Morgan fingerprint density at radius 2 is 1.72 bits per heavy atom. The molecule has 0 aliphatic rings. The summed E-state index contributed by atoms with van der Waals surface area (Å²) in [6.07, 6.45) is -0.551. The molecule has 1 aromatic heterocycles. The van der Waals surface area contributed by atoms with Crippen LogP contribution in [0, 0.1) is 11.8 Å². The average Bonchev–Trinajstić information content (AvgIpc) is 3.20. The van der Waals surface area contributed by atoms with E-state index in [4.69, 9.17) is 27.9 Å². The third-order valence-corrected chi connectivity index (χ3v) is 5.65. The Morgan fingerprint density at radius 1 is 1.05 bits per heavy atom. The van der Waals surface area contributed by atoms with E-state index in [1.165, 1.54) is 4.68 Å². The van der Waals surface area contributed by atoms with E-state index in [2.05, 4.69) is 27.6 Å². The zero-order chi connectivity index (χ0) is 29.0. The number of hydrogen-bond donors (Lipinski definition) is 3. The van der Waals surface area contributed by atoms with Gasteiger partial charge in [0.1, 0.15) is 5.60 Å². The summed E-state index contributed by atoms with van der Waals surface area (Å²) in [7, 11) is 0. The molecular formula is C29H32Cl2N4O4. The highest BCUT2D eigenvalue weighted by molar-refractivity contribution is 6.32. The minimum Gasteiger partial charge on any atom is -0.444 e. The lowest BCUT2D eigenvalue weighted by Gasteiger charge is -2.19. The fourth-order valence-corrected chi connectivity index (χ4v) is 3.98. The Kier molecular flexibility index (Phi) is 9.34. The van der Waals surface area contributed by atoms with Crippen molar-refractivity contribution in [2.24, 2.45) is 0 Å². The van der Waals surface area contributed by atoms with Crippen molar-refractivity contribution in [3.63, 3.8) is 0 Å². The lowest BCUT2D eigenvalue weighted by atomic mass is 10.0. The second-order valence-electron chi connectivity index (χ2n) is 10.8. The Morgan fingerprint density at radius 3 is 2.28 bits per heavy atom. The van der Waals surface area contributed by atoms with Gasteiger partial charge in [-0.1, -0.05) is 47.2 Å². The minimum absolute atomic E-state index is 0.0885. The number of benzene rings is 2. The molecule has 2 aromatic carbocycles. The highest BCUT2D eigenvalue weighted by Crippen LogP contribution is 2.33. The zero-order valence-corrected chi connectivity index (χ0v) is 24.3. The fraction of sp³-hybridized carbons (Fsp3) is 0.345. The third kappa shape index (κ3) is 8.24. The second kappa shape index (κ2) is 12.1. The van der Waals surface area contributed by atoms with Crippen molar-refractivity contribution >= 4 is 35.2 Å². The molecule has 206 valence electrons. The van der Waals surface area contributed by atoms with Crippen LogP contribution in [0.25, 0.3) is 16.9 Å². The van der Waals surface area contributed by atoms with Crippen LogP contribution in [-0.4, -0.2) is 44.6 Å². The number of halogens is 2. The molecule has 0 atom stereocenters. The van der Waals surface area contributed by atoms with E-state index in [1.807, 2.05) is 20.8 Å². The summed E-state index contributed by atoms with van der Waals surface area (Å²) in [5.41, 5.74) is 1.64. The molecule has 0 unspecified atom stereocenters. The molecule has 1 heterocycles. The Hall–Kier alpha value is -3.51. The van der Waals surface area contributed by atoms with Crippen LogP contribution in [-0.2, 0) is 11.3 Å². The molecule has 2 amide bonds. The van der Waals surface area contributed by atoms with Crippen LogP contribution >= 0.6 is 23.2 Å². The van der Waals surface area contributed by atoms with Gasteiger partial charge >= 0.3 is 6.09 Å². The predicted octanol–water partition coefficient (Wildman–Crippen LogP) is 5.74. The number of alkyl carbamates (subject to hydrolysis) is 1. The number of hydrogen-bond acceptors (Lipinski definition) is 5. The summed E-state index contributed by atoms with van der Waals surface area (Å²) in [5, 5.41) is 21.2. The lowest BCUT2D eigenvalue weighted by Crippen LogP contribution is -2.41. The number of carbonyl (C=O) groups is 2. The monoisotopic (exact) mass is 570 g/mol. The fourth-order valence-electron chi connectivity index (χ4n) is 3.59. The van der Waals surface area contributed by atoms with Crippen LogP contribution in [0.1, 0.15) is 63.2 Å². The Labute approximate surface area is 238 Å². The normalized spacial score (nSPS) is 11.4. The van der Waals surface area contributed by atoms with E-state index in [9.17, 15) is 14.7 Å². The second-order valence-corrected chi connectivity index (χ2v) is 11.6. The van der Waals surface area contributed by atoms with E-state index in [0.717, 1.165) is 0 Å². The van der Waals surface area contributed by atoms with Gasteiger partial charge in [0.25, 0.3) is 5.91 Å². The molecule has 8 nitrogen and oxygen atoms in total. The summed E-state index contributed by atoms with van der Waals surface area (Å²) < 4.78 is 6.73. The van der Waals surface area contributed by atoms with Crippen molar-refractivity contribution in [1.82, 2.24) is 20.4 Å². The molecular weight excluding hydrogens is 539 g/mol. The van der Waals surface area contributed by atoms with Gasteiger partial charge in [-0.15, -0.1) is 0 Å². The smallest absolute Gasteiger partial charge is 0.408 e. The zero-order valence-electron chi connectivity index (χ0n) is 22.8. The first-order chi connectivity index (χ1) is 18.2. The number of nitrogens with one attached hydrogen (secondary N) is 2. The number of nitrogens with zero attached hydrogens (tertiary/aromatic N) is 2. The summed E-state index contributed by atoms with van der Waals surface area (Å²) in [4.78, 5) is 24.9. The van der Waals surface area contributed by atoms with Crippen molar-refractivity contribution in [1.29, 1.82) is 0 Å². The molecule has 0 radical (unpaired) electrons. The van der Waals surface area contributed by atoms with Crippen molar-refractivity contribution in [2.75, 3.05) is 6.54 Å². The average molecular weight is 572 g/mol. The molecule has 0 spiro atoms. The van der Waals surface area contributed by atoms with Crippen LogP contribution in [0.4, 0.5) is 4.79 Å². The number of rotatable bonds is 5. The largest absolute Gasteiger partial charge is 0.444 e. The molecule has 0 aliphatic heterocycles. The summed E-state index contributed by atoms with van der Waals surface area (Å²) >= 11 is 12.8. The van der Waals surface area contributed by atoms with Crippen LogP contribution in [0.5, 0.6) is 0 Å². The van der Waals surface area contributed by atoms with Crippen molar-refractivity contribution < 1.29 is 19.4 Å². The molecule has 10 heteroatoms. The van der Waals surface area contributed by atoms with Crippen LogP contribution < -0.4 is 10.6 Å². The number of aromatic nitrogens is 2. The highest BCUT2D eigenvalue weighted by Gasteiger charge is 2.27. The SMILES string of the molecule is CC(C)(C)NC(=O)c1nn(-c2ccc(C#CCNC(=O)OC(C)(C)C)cc2Cl)c(-c2ccc(Cl)cc2)c1CO. The van der Waals surface area contributed by atoms with Crippen molar-refractivity contribution in [3.05, 3.63) is 69.3 Å². The molecule has 39 heavy (non-hydrogen) atoms. The number of aliphatic hydroxyl groups is 1. The van der Waals surface area contributed by atoms with Gasteiger partial charge in [-0.3, -0.25) is 4.79 Å². The lowest BCUT2D eigenvalue weighted by molar-refractivity contribution is 0.0535. The number of ether oxygens (including phenoxy) is 1. The van der Waals surface area contributed by atoms with Gasteiger partial charge in [0.2, 0.25) is 0 Å². The van der Waals surface area contributed by atoms with Crippen molar-refractivity contribution in [3.8, 4) is 28.8 Å². The van der Waals surface area contributed by atoms with Gasteiger partial charge in [-0.2, -0.15) is 5.10 Å². The highest BCUT2D eigenvalue weighted by atomic mass is 35.5. The summed E-state index contributed by atoms with van der Waals surface area (Å²) in [6.45, 7) is 10.6. The van der Waals surface area contributed by atoms with E-state index in [-0.39, 0.29) is 12.2 Å². The van der Waals surface area contributed by atoms with Gasteiger partial charge in [-0.25, -0.2) is 9.48 Å². The molecule has 0 fully saturated rings. The van der Waals surface area contributed by atoms with Crippen LogP contribution in [0.2, 0.25) is 10.0 Å². The summed E-state index contributed by atoms with van der Waals surface area (Å²) in [6, 6.07) is 12.1. The molecule has 0 aliphatic carbocycles. The Balaban J connectivity index is 1.99. The van der Waals surface area contributed by atoms with E-state index >= 15 is 0 Å². The third-order valence-electron chi connectivity index (χ3n) is 5.09. The number of carbonyl (C=O) groups excluding carboxylic acids is 2. The van der Waals surface area contributed by atoms with Gasteiger partial charge in [0, 0.05) is 27.3 Å². The molecule has 0 bridgehead atoms. The number of aliphatic hydroxyl groups excluding tert-OH is 1. The minimum atomic E-state index is -0.596. The number of amides is 2.